The highest BCUT2D eigenvalue weighted by Gasteiger charge is 2.28. The van der Waals surface area contributed by atoms with E-state index in [-0.39, 0.29) is 18.4 Å². The Balaban J connectivity index is 2.37. The average Bonchev–Trinajstić information content (AvgIpc) is 2.46. The number of carbonyl (C=O) groups is 2. The van der Waals surface area contributed by atoms with Gasteiger partial charge in [0.15, 0.2) is 0 Å². The number of amides is 1. The molecule has 0 bridgehead atoms. The number of nitrogens with one attached hydrogen (secondary N) is 1. The van der Waals surface area contributed by atoms with E-state index in [2.05, 4.69) is 5.32 Å². The number of carboxylic acid groups (broad SMARTS) is 1. The zero-order chi connectivity index (χ0) is 16.6. The zero-order valence-electron chi connectivity index (χ0n) is 13.5. The van der Waals surface area contributed by atoms with Gasteiger partial charge in [0.1, 0.15) is 0 Å². The highest BCUT2D eigenvalue weighted by atomic mass is 16.5. The molecule has 0 radical (unpaired) electrons. The van der Waals surface area contributed by atoms with Crippen LogP contribution >= 0.6 is 0 Å². The lowest BCUT2D eigenvalue weighted by Crippen LogP contribution is -2.44. The smallest absolute Gasteiger partial charge is 0.303 e. The van der Waals surface area contributed by atoms with E-state index < -0.39 is 11.4 Å². The summed E-state index contributed by atoms with van der Waals surface area (Å²) in [6.07, 6.45) is 0.467. The van der Waals surface area contributed by atoms with E-state index in [1.165, 1.54) is 0 Å². The van der Waals surface area contributed by atoms with E-state index in [1.807, 2.05) is 51.1 Å². The van der Waals surface area contributed by atoms with Crippen LogP contribution in [0.3, 0.4) is 0 Å². The highest BCUT2D eigenvalue weighted by Crippen LogP contribution is 2.17. The molecule has 2 N–H and O–H groups in total. The molecule has 5 heteroatoms. The summed E-state index contributed by atoms with van der Waals surface area (Å²) >= 11 is 0. The molecule has 0 spiro atoms. The van der Waals surface area contributed by atoms with Crippen LogP contribution in [0.25, 0.3) is 0 Å². The summed E-state index contributed by atoms with van der Waals surface area (Å²) in [6, 6.07) is 9.61. The number of benzene rings is 1. The number of hydrogen-bond acceptors (Lipinski definition) is 3. The molecule has 5 nitrogen and oxygen atoms in total. The van der Waals surface area contributed by atoms with E-state index in [4.69, 9.17) is 9.84 Å². The maximum absolute atomic E-state index is 12.2. The summed E-state index contributed by atoms with van der Waals surface area (Å²) in [6.45, 7) is 6.21. The van der Waals surface area contributed by atoms with Gasteiger partial charge in [-0.15, -0.1) is 0 Å². The number of carbonyl (C=O) groups excluding carboxylic acids is 1. The molecule has 1 aromatic rings. The Labute approximate surface area is 131 Å². The molecule has 122 valence electrons. The largest absolute Gasteiger partial charge is 0.481 e. The van der Waals surface area contributed by atoms with E-state index >= 15 is 0 Å². The van der Waals surface area contributed by atoms with Crippen LogP contribution < -0.4 is 5.32 Å². The van der Waals surface area contributed by atoms with Crippen LogP contribution in [0, 0.1) is 5.41 Å². The first-order chi connectivity index (χ1) is 10.3. The lowest BCUT2D eigenvalue weighted by molar-refractivity contribution is -0.138. The third-order valence-electron chi connectivity index (χ3n) is 3.36. The summed E-state index contributed by atoms with van der Waals surface area (Å²) < 4.78 is 5.63. The Morgan fingerprint density at radius 1 is 1.27 bits per heavy atom. The molecule has 0 aromatic heterocycles. The highest BCUT2D eigenvalue weighted by molar-refractivity contribution is 5.82. The van der Waals surface area contributed by atoms with Crippen LogP contribution in [0.4, 0.5) is 0 Å². The quantitative estimate of drug-likeness (QED) is 0.735. The normalized spacial score (nSPS) is 12.7. The van der Waals surface area contributed by atoms with Crippen molar-refractivity contribution in [1.82, 2.24) is 5.32 Å². The van der Waals surface area contributed by atoms with Crippen molar-refractivity contribution in [2.24, 2.45) is 5.41 Å². The van der Waals surface area contributed by atoms with Crippen molar-refractivity contribution in [2.45, 2.75) is 46.3 Å². The van der Waals surface area contributed by atoms with Crippen molar-refractivity contribution in [3.63, 3.8) is 0 Å². The van der Waals surface area contributed by atoms with E-state index in [0.29, 0.717) is 19.6 Å². The van der Waals surface area contributed by atoms with Gasteiger partial charge in [-0.05, 0) is 32.8 Å². The number of carboxylic acids is 1. The summed E-state index contributed by atoms with van der Waals surface area (Å²) in [5.41, 5.74) is 0.403. The molecule has 0 aliphatic heterocycles. The monoisotopic (exact) mass is 307 g/mol. The first-order valence-electron chi connectivity index (χ1n) is 7.45. The molecule has 0 fully saturated rings. The van der Waals surface area contributed by atoms with Gasteiger partial charge in [-0.2, -0.15) is 0 Å². The van der Waals surface area contributed by atoms with Crippen LogP contribution in [0.2, 0.25) is 0 Å². The van der Waals surface area contributed by atoms with E-state index in [1.54, 1.807) is 0 Å². The number of aliphatic carboxylic acids is 1. The van der Waals surface area contributed by atoms with Gasteiger partial charge in [0.05, 0.1) is 18.6 Å². The number of ether oxygens (including phenoxy) is 1. The van der Waals surface area contributed by atoms with Crippen molar-refractivity contribution in [3.8, 4) is 0 Å². The SMILES string of the molecule is CC(CCC(=O)O)NC(=O)C(C)(C)COCc1ccccc1. The third kappa shape index (κ3) is 6.72. The van der Waals surface area contributed by atoms with Gasteiger partial charge >= 0.3 is 5.97 Å². The van der Waals surface area contributed by atoms with Gasteiger partial charge in [0.2, 0.25) is 5.91 Å². The minimum absolute atomic E-state index is 0.0480. The molecule has 0 saturated carbocycles. The Kier molecular flexibility index (Phi) is 7.05. The van der Waals surface area contributed by atoms with Gasteiger partial charge < -0.3 is 15.2 Å². The Bertz CT molecular complexity index is 485. The molecule has 1 amide bonds. The Morgan fingerprint density at radius 3 is 2.50 bits per heavy atom. The first-order valence-corrected chi connectivity index (χ1v) is 7.45. The standard InChI is InChI=1S/C17H25NO4/c1-13(9-10-15(19)20)18-16(21)17(2,3)12-22-11-14-7-5-4-6-8-14/h4-8,13H,9-12H2,1-3H3,(H,18,21)(H,19,20). The predicted molar refractivity (Wildman–Crippen MR) is 84.4 cm³/mol. The van der Waals surface area contributed by atoms with Crippen LogP contribution in [-0.4, -0.2) is 29.6 Å². The molecular formula is C17H25NO4. The fourth-order valence-electron chi connectivity index (χ4n) is 1.90. The molecule has 22 heavy (non-hydrogen) atoms. The molecule has 1 aromatic carbocycles. The maximum Gasteiger partial charge on any atom is 0.303 e. The molecule has 0 saturated heterocycles. The van der Waals surface area contributed by atoms with Crippen LogP contribution in [-0.2, 0) is 20.9 Å². The van der Waals surface area contributed by atoms with E-state index in [9.17, 15) is 9.59 Å². The minimum atomic E-state index is -0.855. The predicted octanol–water partition coefficient (Wildman–Crippen LogP) is 2.60. The second-order valence-corrected chi connectivity index (χ2v) is 6.17. The van der Waals surface area contributed by atoms with Crippen LogP contribution in [0.5, 0.6) is 0 Å². The van der Waals surface area contributed by atoms with Gasteiger partial charge in [0, 0.05) is 12.5 Å². The zero-order valence-corrected chi connectivity index (χ0v) is 13.5. The minimum Gasteiger partial charge on any atom is -0.481 e. The lowest BCUT2D eigenvalue weighted by Gasteiger charge is -2.25. The van der Waals surface area contributed by atoms with Crippen molar-refractivity contribution < 1.29 is 19.4 Å². The van der Waals surface area contributed by atoms with Crippen LogP contribution in [0.15, 0.2) is 30.3 Å². The molecule has 0 aliphatic rings. The fraction of sp³-hybridized carbons (Fsp3) is 0.529. The van der Waals surface area contributed by atoms with Crippen molar-refractivity contribution in [2.75, 3.05) is 6.61 Å². The van der Waals surface area contributed by atoms with Crippen molar-refractivity contribution in [3.05, 3.63) is 35.9 Å². The fourth-order valence-corrected chi connectivity index (χ4v) is 1.90. The first kappa shape index (κ1) is 18.2. The topological polar surface area (TPSA) is 75.6 Å². The van der Waals surface area contributed by atoms with Crippen LogP contribution in [0.1, 0.15) is 39.2 Å². The van der Waals surface area contributed by atoms with Gasteiger partial charge in [-0.3, -0.25) is 9.59 Å². The van der Waals surface area contributed by atoms with Gasteiger partial charge in [0.25, 0.3) is 0 Å². The molecular weight excluding hydrogens is 282 g/mol. The van der Waals surface area contributed by atoms with Gasteiger partial charge in [-0.1, -0.05) is 30.3 Å². The lowest BCUT2D eigenvalue weighted by atomic mass is 9.93. The summed E-state index contributed by atoms with van der Waals surface area (Å²) in [5, 5.41) is 11.5. The van der Waals surface area contributed by atoms with Crippen molar-refractivity contribution in [1.29, 1.82) is 0 Å². The maximum atomic E-state index is 12.2. The van der Waals surface area contributed by atoms with E-state index in [0.717, 1.165) is 5.56 Å². The average molecular weight is 307 g/mol. The second-order valence-electron chi connectivity index (χ2n) is 6.17. The second kappa shape index (κ2) is 8.54. The van der Waals surface area contributed by atoms with Crippen molar-refractivity contribution >= 4 is 11.9 Å². The Morgan fingerprint density at radius 2 is 1.91 bits per heavy atom. The third-order valence-corrected chi connectivity index (χ3v) is 3.36. The number of rotatable bonds is 9. The Hall–Kier alpha value is -1.88. The van der Waals surface area contributed by atoms with Gasteiger partial charge in [-0.25, -0.2) is 0 Å². The summed E-state index contributed by atoms with van der Waals surface area (Å²) in [7, 11) is 0. The summed E-state index contributed by atoms with van der Waals surface area (Å²) in [4.78, 5) is 22.8. The number of hydrogen-bond donors (Lipinski definition) is 2. The molecule has 0 aliphatic carbocycles. The molecule has 1 unspecified atom stereocenters. The molecule has 0 heterocycles. The molecule has 1 atom stereocenters. The summed E-state index contributed by atoms with van der Waals surface area (Å²) in [5.74, 6) is -0.981. The molecule has 1 rings (SSSR count).